The smallest absolute Gasteiger partial charge is 0.339 e. The molecule has 0 aliphatic carbocycles. The van der Waals surface area contributed by atoms with Crippen LogP contribution in [0.3, 0.4) is 0 Å². The normalized spacial score (nSPS) is 11.9. The Bertz CT molecular complexity index is 1300. The fourth-order valence-corrected chi connectivity index (χ4v) is 4.59. The molecule has 1 unspecified atom stereocenters. The van der Waals surface area contributed by atoms with Gasteiger partial charge in [0.25, 0.3) is 5.91 Å². The van der Waals surface area contributed by atoms with Crippen molar-refractivity contribution in [3.63, 3.8) is 0 Å². The van der Waals surface area contributed by atoms with E-state index in [0.717, 1.165) is 5.56 Å². The zero-order valence-corrected chi connectivity index (χ0v) is 18.6. The molecule has 2 N–H and O–H groups in total. The van der Waals surface area contributed by atoms with Crippen molar-refractivity contribution in [2.45, 2.75) is 17.4 Å². The van der Waals surface area contributed by atoms with Crippen LogP contribution in [-0.4, -0.2) is 39.7 Å². The number of nitrogens with one attached hydrogen (secondary N) is 1. The van der Waals surface area contributed by atoms with Crippen molar-refractivity contribution in [3.8, 4) is 5.75 Å². The summed E-state index contributed by atoms with van der Waals surface area (Å²) in [5, 5.41) is 22.1. The summed E-state index contributed by atoms with van der Waals surface area (Å²) >= 11 is 2.53. The molecule has 0 spiro atoms. The Labute approximate surface area is 191 Å². The van der Waals surface area contributed by atoms with Gasteiger partial charge in [-0.2, -0.15) is 0 Å². The molecule has 1 amide bonds. The first kappa shape index (κ1) is 22.0. The molecule has 1 atom stereocenters. The van der Waals surface area contributed by atoms with Crippen LogP contribution in [0.15, 0.2) is 68.1 Å². The predicted molar refractivity (Wildman–Crippen MR) is 124 cm³/mol. The highest BCUT2D eigenvalue weighted by atomic mass is 32.2. The number of hydrogen-bond acceptors (Lipinski definition) is 9. The van der Waals surface area contributed by atoms with Gasteiger partial charge in [-0.3, -0.25) is 10.1 Å². The third-order valence-electron chi connectivity index (χ3n) is 4.46. The minimum atomic E-state index is -0.806. The number of thioether (sulfide) groups is 1. The number of nitrogens with zero attached hydrogens (tertiary/aromatic N) is 2. The molecule has 164 valence electrons. The fourth-order valence-electron chi connectivity index (χ4n) is 2.91. The van der Waals surface area contributed by atoms with Gasteiger partial charge in [-0.1, -0.05) is 53.4 Å². The first-order chi connectivity index (χ1) is 15.5. The molecule has 0 aliphatic rings. The van der Waals surface area contributed by atoms with Gasteiger partial charge in [-0.25, -0.2) is 4.79 Å². The second-order valence-corrected chi connectivity index (χ2v) is 9.09. The predicted octanol–water partition coefficient (Wildman–Crippen LogP) is 3.74. The number of carbonyl (C=O) groups is 1. The second-order valence-electron chi connectivity index (χ2n) is 6.84. The molecule has 2 heterocycles. The molecule has 0 radical (unpaired) electrons. The average Bonchev–Trinajstić information content (AvgIpc) is 3.23. The molecular weight excluding hydrogens is 450 g/mol. The number of rotatable bonds is 8. The second kappa shape index (κ2) is 9.94. The highest BCUT2D eigenvalue weighted by Gasteiger charge is 2.14. The Hall–Kier alpha value is -3.21. The Morgan fingerprint density at radius 3 is 2.84 bits per heavy atom. The number of amides is 1. The minimum Gasteiger partial charge on any atom is -0.490 e. The Morgan fingerprint density at radius 1 is 1.22 bits per heavy atom. The number of benzene rings is 2. The van der Waals surface area contributed by atoms with Gasteiger partial charge in [0.2, 0.25) is 5.13 Å². The summed E-state index contributed by atoms with van der Waals surface area (Å²) in [6.45, 7) is 1.86. The van der Waals surface area contributed by atoms with Crippen LogP contribution in [0.25, 0.3) is 11.0 Å². The molecule has 8 nitrogen and oxygen atoms in total. The number of anilines is 1. The van der Waals surface area contributed by atoms with Crippen LogP contribution in [0.5, 0.6) is 5.75 Å². The maximum absolute atomic E-state index is 12.4. The number of hydrogen-bond donors (Lipinski definition) is 2. The van der Waals surface area contributed by atoms with E-state index < -0.39 is 11.7 Å². The molecule has 2 aromatic carbocycles. The first-order valence-corrected chi connectivity index (χ1v) is 11.5. The lowest BCUT2D eigenvalue weighted by Gasteiger charge is -2.12. The van der Waals surface area contributed by atoms with Crippen LogP contribution < -0.4 is 15.7 Å². The molecular formula is C22H19N3O5S2. The maximum atomic E-state index is 12.4. The summed E-state index contributed by atoms with van der Waals surface area (Å²) in [5.41, 5.74) is 1.35. The SMILES string of the molecule is Cc1ccccc1C(=O)Nc1nnc(SCC(O)COc2cc(=O)oc3ccccc23)s1. The van der Waals surface area contributed by atoms with E-state index in [4.69, 9.17) is 9.15 Å². The van der Waals surface area contributed by atoms with E-state index in [1.165, 1.54) is 29.2 Å². The highest BCUT2D eigenvalue weighted by molar-refractivity contribution is 8.01. The van der Waals surface area contributed by atoms with E-state index in [2.05, 4.69) is 15.5 Å². The largest absolute Gasteiger partial charge is 0.490 e. The number of para-hydroxylation sites is 1. The van der Waals surface area contributed by atoms with Gasteiger partial charge < -0.3 is 14.3 Å². The number of fused-ring (bicyclic) bond motifs is 1. The van der Waals surface area contributed by atoms with E-state index in [0.29, 0.717) is 37.5 Å². The van der Waals surface area contributed by atoms with E-state index >= 15 is 0 Å². The number of aromatic nitrogens is 2. The summed E-state index contributed by atoms with van der Waals surface area (Å²) < 4.78 is 11.4. The molecule has 0 bridgehead atoms. The topological polar surface area (TPSA) is 115 Å². The summed E-state index contributed by atoms with van der Waals surface area (Å²) in [7, 11) is 0. The van der Waals surface area contributed by atoms with Crippen LogP contribution in [-0.2, 0) is 0 Å². The third-order valence-corrected chi connectivity index (χ3v) is 6.58. The first-order valence-electron chi connectivity index (χ1n) is 9.66. The van der Waals surface area contributed by atoms with Gasteiger partial charge in [-0.15, -0.1) is 10.2 Å². The molecule has 0 saturated carbocycles. The average molecular weight is 470 g/mol. The lowest BCUT2D eigenvalue weighted by Crippen LogP contribution is -2.20. The molecule has 4 rings (SSSR count). The van der Waals surface area contributed by atoms with E-state index in [1.54, 1.807) is 30.3 Å². The molecule has 32 heavy (non-hydrogen) atoms. The van der Waals surface area contributed by atoms with Gasteiger partial charge in [0, 0.05) is 11.3 Å². The Morgan fingerprint density at radius 2 is 2.00 bits per heavy atom. The summed E-state index contributed by atoms with van der Waals surface area (Å²) in [6, 6.07) is 15.6. The van der Waals surface area contributed by atoms with Crippen LogP contribution in [0.2, 0.25) is 0 Å². The van der Waals surface area contributed by atoms with Crippen LogP contribution in [0.1, 0.15) is 15.9 Å². The third kappa shape index (κ3) is 5.34. The van der Waals surface area contributed by atoms with E-state index in [-0.39, 0.29) is 12.5 Å². The zero-order chi connectivity index (χ0) is 22.5. The van der Waals surface area contributed by atoms with Crippen molar-refractivity contribution < 1.29 is 19.1 Å². The summed E-state index contributed by atoms with van der Waals surface area (Å²) in [6.07, 6.45) is -0.806. The number of aliphatic hydroxyl groups excluding tert-OH is 1. The molecule has 4 aromatic rings. The lowest BCUT2D eigenvalue weighted by atomic mass is 10.1. The number of aliphatic hydroxyl groups is 1. The number of ether oxygens (including phenoxy) is 1. The van der Waals surface area contributed by atoms with Crippen molar-refractivity contribution in [2.24, 2.45) is 0 Å². The van der Waals surface area contributed by atoms with Crippen molar-refractivity contribution in [1.29, 1.82) is 0 Å². The maximum Gasteiger partial charge on any atom is 0.339 e. The van der Waals surface area contributed by atoms with Crippen molar-refractivity contribution in [2.75, 3.05) is 17.7 Å². The monoisotopic (exact) mass is 469 g/mol. The fraction of sp³-hybridized carbons (Fsp3) is 0.182. The van der Waals surface area contributed by atoms with Crippen LogP contribution in [0, 0.1) is 6.92 Å². The van der Waals surface area contributed by atoms with E-state index in [1.807, 2.05) is 25.1 Å². The van der Waals surface area contributed by atoms with Gasteiger partial charge in [0.05, 0.1) is 17.6 Å². The number of aryl methyl sites for hydroxylation is 1. The number of carbonyl (C=O) groups excluding carboxylic acids is 1. The lowest BCUT2D eigenvalue weighted by molar-refractivity contribution is 0.102. The summed E-state index contributed by atoms with van der Waals surface area (Å²) in [4.78, 5) is 24.1. The molecule has 2 aromatic heterocycles. The Balaban J connectivity index is 1.30. The van der Waals surface area contributed by atoms with Crippen LogP contribution >= 0.6 is 23.1 Å². The van der Waals surface area contributed by atoms with Gasteiger partial charge in [0.15, 0.2) is 4.34 Å². The summed E-state index contributed by atoms with van der Waals surface area (Å²) in [5.74, 6) is 0.418. The molecule has 0 saturated heterocycles. The van der Waals surface area contributed by atoms with Gasteiger partial charge >= 0.3 is 5.63 Å². The van der Waals surface area contributed by atoms with Gasteiger partial charge in [-0.05, 0) is 30.7 Å². The van der Waals surface area contributed by atoms with Crippen LogP contribution in [0.4, 0.5) is 5.13 Å². The molecule has 10 heteroatoms. The molecule has 0 fully saturated rings. The Kier molecular flexibility index (Phi) is 6.84. The molecule has 0 aliphatic heterocycles. The highest BCUT2D eigenvalue weighted by Crippen LogP contribution is 2.27. The quantitative estimate of drug-likeness (QED) is 0.228. The standard InChI is InChI=1S/C22H19N3O5S2/c1-13-6-2-3-7-15(13)20(28)23-21-24-25-22(32-21)31-12-14(26)11-29-18-10-19(27)30-17-9-5-4-8-16(17)18/h2-10,14,26H,11-12H2,1H3,(H,23,24,28). The van der Waals surface area contributed by atoms with Crippen molar-refractivity contribution in [1.82, 2.24) is 10.2 Å². The zero-order valence-electron chi connectivity index (χ0n) is 17.0. The van der Waals surface area contributed by atoms with Gasteiger partial charge in [0.1, 0.15) is 17.9 Å². The van der Waals surface area contributed by atoms with Crippen molar-refractivity contribution >= 4 is 45.1 Å². The minimum absolute atomic E-state index is 0.00384. The van der Waals surface area contributed by atoms with E-state index in [9.17, 15) is 14.7 Å². The van der Waals surface area contributed by atoms with Crippen molar-refractivity contribution in [3.05, 3.63) is 76.1 Å².